The van der Waals surface area contributed by atoms with Gasteiger partial charge in [-0.15, -0.1) is 0 Å². The van der Waals surface area contributed by atoms with Crippen LogP contribution in [0.4, 0.5) is 0 Å². The Balaban J connectivity index is 2.41. The number of hydrogen-bond acceptors (Lipinski definition) is 4. The van der Waals surface area contributed by atoms with E-state index in [4.69, 9.17) is 15.7 Å². The Morgan fingerprint density at radius 2 is 1.94 bits per heavy atom. The highest BCUT2D eigenvalue weighted by atomic mass is 16.5. The Morgan fingerprint density at radius 1 is 1.22 bits per heavy atom. The summed E-state index contributed by atoms with van der Waals surface area (Å²) in [5, 5.41) is 8.89. The van der Waals surface area contributed by atoms with Crippen molar-refractivity contribution < 1.29 is 9.53 Å². The molecule has 1 heterocycles. The Morgan fingerprint density at radius 3 is 2.67 bits per heavy atom. The minimum atomic E-state index is -0.590. The quantitative estimate of drug-likeness (QED) is 0.884. The van der Waals surface area contributed by atoms with Crippen LogP contribution in [0, 0.1) is 11.3 Å². The van der Waals surface area contributed by atoms with Crippen LogP contribution in [0.5, 0.6) is 11.5 Å². The highest BCUT2D eigenvalue weighted by Crippen LogP contribution is 2.26. The Hall–Kier alpha value is -2.87. The summed E-state index contributed by atoms with van der Waals surface area (Å²) in [4.78, 5) is 15.1. The third kappa shape index (κ3) is 2.28. The molecule has 5 nitrogen and oxygen atoms in total. The summed E-state index contributed by atoms with van der Waals surface area (Å²) in [6.45, 7) is 0. The maximum Gasteiger partial charge on any atom is 0.252 e. The molecule has 0 fully saturated rings. The second-order valence-corrected chi connectivity index (χ2v) is 3.42. The fourth-order valence-corrected chi connectivity index (χ4v) is 1.43. The normalized spacial score (nSPS) is 9.50. The van der Waals surface area contributed by atoms with Gasteiger partial charge in [0, 0.05) is 6.20 Å². The van der Waals surface area contributed by atoms with Crippen molar-refractivity contribution in [3.8, 4) is 17.6 Å². The van der Waals surface area contributed by atoms with Crippen molar-refractivity contribution in [1.29, 1.82) is 5.26 Å². The van der Waals surface area contributed by atoms with Gasteiger partial charge >= 0.3 is 0 Å². The molecule has 1 aromatic carbocycles. The van der Waals surface area contributed by atoms with Gasteiger partial charge in [-0.3, -0.25) is 4.79 Å². The minimum Gasteiger partial charge on any atom is -0.453 e. The van der Waals surface area contributed by atoms with E-state index in [2.05, 4.69) is 4.98 Å². The molecule has 0 unspecified atom stereocenters. The lowest BCUT2D eigenvalue weighted by atomic mass is 10.2. The van der Waals surface area contributed by atoms with Crippen molar-refractivity contribution in [2.24, 2.45) is 5.73 Å². The van der Waals surface area contributed by atoms with Gasteiger partial charge in [-0.2, -0.15) is 5.26 Å². The summed E-state index contributed by atoms with van der Waals surface area (Å²) in [7, 11) is 0. The second kappa shape index (κ2) is 4.97. The number of para-hydroxylation sites is 1. The van der Waals surface area contributed by atoms with E-state index in [-0.39, 0.29) is 17.0 Å². The zero-order valence-corrected chi connectivity index (χ0v) is 9.33. The standard InChI is InChI=1S/C13H9N3O2/c14-8-10-12(6-3-7-16-10)18-11-5-2-1-4-9(11)13(15)17/h1-7H,(H2,15,17). The lowest BCUT2D eigenvalue weighted by Crippen LogP contribution is -2.12. The van der Waals surface area contributed by atoms with Gasteiger partial charge in [0.05, 0.1) is 5.56 Å². The van der Waals surface area contributed by atoms with Gasteiger partial charge in [-0.25, -0.2) is 4.98 Å². The van der Waals surface area contributed by atoms with Crippen LogP contribution in [-0.4, -0.2) is 10.9 Å². The Kier molecular flexibility index (Phi) is 3.21. The van der Waals surface area contributed by atoms with Crippen LogP contribution in [0.25, 0.3) is 0 Å². The molecule has 0 saturated carbocycles. The Bertz CT molecular complexity index is 632. The van der Waals surface area contributed by atoms with E-state index in [1.165, 1.54) is 6.20 Å². The number of carbonyl (C=O) groups excluding carboxylic acids is 1. The molecule has 0 saturated heterocycles. The number of nitriles is 1. The van der Waals surface area contributed by atoms with Gasteiger partial charge in [-0.05, 0) is 24.3 Å². The molecular formula is C13H9N3O2. The molecule has 2 rings (SSSR count). The first kappa shape index (κ1) is 11.6. The topological polar surface area (TPSA) is 89.0 Å². The first-order valence-corrected chi connectivity index (χ1v) is 5.14. The van der Waals surface area contributed by atoms with E-state index in [0.29, 0.717) is 5.75 Å². The van der Waals surface area contributed by atoms with Crippen LogP contribution in [-0.2, 0) is 0 Å². The summed E-state index contributed by atoms with van der Waals surface area (Å²) in [5.41, 5.74) is 5.64. The van der Waals surface area contributed by atoms with E-state index in [1.807, 2.05) is 6.07 Å². The maximum absolute atomic E-state index is 11.2. The van der Waals surface area contributed by atoms with E-state index in [0.717, 1.165) is 0 Å². The largest absolute Gasteiger partial charge is 0.453 e. The average molecular weight is 239 g/mol. The lowest BCUT2D eigenvalue weighted by molar-refractivity contribution is 0.0998. The van der Waals surface area contributed by atoms with E-state index in [9.17, 15) is 4.79 Å². The van der Waals surface area contributed by atoms with Crippen LogP contribution < -0.4 is 10.5 Å². The fraction of sp³-hybridized carbons (Fsp3) is 0. The number of amides is 1. The monoisotopic (exact) mass is 239 g/mol. The van der Waals surface area contributed by atoms with Crippen LogP contribution in [0.1, 0.15) is 16.1 Å². The maximum atomic E-state index is 11.2. The number of nitrogens with two attached hydrogens (primary N) is 1. The average Bonchev–Trinajstić information content (AvgIpc) is 2.40. The predicted octanol–water partition coefficient (Wildman–Crippen LogP) is 1.84. The number of benzene rings is 1. The number of hydrogen-bond donors (Lipinski definition) is 1. The van der Waals surface area contributed by atoms with Gasteiger partial charge in [0.15, 0.2) is 11.4 Å². The molecule has 0 spiro atoms. The van der Waals surface area contributed by atoms with Gasteiger partial charge in [0.1, 0.15) is 11.8 Å². The molecule has 1 amide bonds. The first-order chi connectivity index (χ1) is 8.72. The van der Waals surface area contributed by atoms with Gasteiger partial charge in [-0.1, -0.05) is 12.1 Å². The van der Waals surface area contributed by atoms with Crippen molar-refractivity contribution >= 4 is 5.91 Å². The number of pyridine rings is 1. The summed E-state index contributed by atoms with van der Waals surface area (Å²) >= 11 is 0. The third-order valence-electron chi connectivity index (χ3n) is 2.25. The van der Waals surface area contributed by atoms with Crippen LogP contribution in [0.2, 0.25) is 0 Å². The highest BCUT2D eigenvalue weighted by molar-refractivity contribution is 5.95. The number of primary amides is 1. The molecule has 0 aliphatic heterocycles. The number of carbonyl (C=O) groups is 1. The van der Waals surface area contributed by atoms with Crippen LogP contribution in [0.15, 0.2) is 42.6 Å². The molecule has 0 aliphatic rings. The third-order valence-corrected chi connectivity index (χ3v) is 2.25. The summed E-state index contributed by atoms with van der Waals surface area (Å²) in [6.07, 6.45) is 1.49. The zero-order chi connectivity index (χ0) is 13.0. The molecule has 0 atom stereocenters. The molecule has 1 aromatic heterocycles. The van der Waals surface area contributed by atoms with Gasteiger partial charge in [0.25, 0.3) is 5.91 Å². The van der Waals surface area contributed by atoms with Crippen molar-refractivity contribution in [1.82, 2.24) is 4.98 Å². The molecule has 2 aromatic rings. The SMILES string of the molecule is N#Cc1ncccc1Oc1ccccc1C(N)=O. The number of ether oxygens (including phenoxy) is 1. The van der Waals surface area contributed by atoms with Crippen molar-refractivity contribution in [3.05, 3.63) is 53.9 Å². The van der Waals surface area contributed by atoms with Crippen molar-refractivity contribution in [2.75, 3.05) is 0 Å². The summed E-state index contributed by atoms with van der Waals surface area (Å²) < 4.78 is 5.51. The minimum absolute atomic E-state index is 0.150. The van der Waals surface area contributed by atoms with Crippen molar-refractivity contribution in [2.45, 2.75) is 0 Å². The molecular weight excluding hydrogens is 230 g/mol. The molecule has 0 aliphatic carbocycles. The second-order valence-electron chi connectivity index (χ2n) is 3.42. The van der Waals surface area contributed by atoms with Crippen LogP contribution >= 0.6 is 0 Å². The van der Waals surface area contributed by atoms with Gasteiger partial charge < -0.3 is 10.5 Å². The molecule has 5 heteroatoms. The van der Waals surface area contributed by atoms with Crippen LogP contribution in [0.3, 0.4) is 0 Å². The summed E-state index contributed by atoms with van der Waals surface area (Å²) in [6, 6.07) is 11.7. The fourth-order valence-electron chi connectivity index (χ4n) is 1.43. The molecule has 0 bridgehead atoms. The highest BCUT2D eigenvalue weighted by Gasteiger charge is 2.11. The van der Waals surface area contributed by atoms with E-state index in [1.54, 1.807) is 36.4 Å². The Labute approximate surface area is 103 Å². The van der Waals surface area contributed by atoms with Gasteiger partial charge in [0.2, 0.25) is 0 Å². The molecule has 2 N–H and O–H groups in total. The zero-order valence-electron chi connectivity index (χ0n) is 9.33. The smallest absolute Gasteiger partial charge is 0.252 e. The van der Waals surface area contributed by atoms with Crippen molar-refractivity contribution in [3.63, 3.8) is 0 Å². The molecule has 18 heavy (non-hydrogen) atoms. The molecule has 88 valence electrons. The summed E-state index contributed by atoms with van der Waals surface area (Å²) in [5.74, 6) is -0.00352. The number of nitrogens with zero attached hydrogens (tertiary/aromatic N) is 2. The number of rotatable bonds is 3. The first-order valence-electron chi connectivity index (χ1n) is 5.14. The molecule has 0 radical (unpaired) electrons. The number of aromatic nitrogens is 1. The van der Waals surface area contributed by atoms with E-state index < -0.39 is 5.91 Å². The van der Waals surface area contributed by atoms with E-state index >= 15 is 0 Å². The predicted molar refractivity (Wildman–Crippen MR) is 64.0 cm³/mol. The lowest BCUT2D eigenvalue weighted by Gasteiger charge is -2.09.